The van der Waals surface area contributed by atoms with Gasteiger partial charge in [0.2, 0.25) is 5.91 Å². The van der Waals surface area contributed by atoms with Gasteiger partial charge in [-0.25, -0.2) is 0 Å². The summed E-state index contributed by atoms with van der Waals surface area (Å²) in [5.74, 6) is 0.0386. The molecule has 0 aromatic heterocycles. The summed E-state index contributed by atoms with van der Waals surface area (Å²) in [5.41, 5.74) is 3.96. The Hall–Kier alpha value is -2.59. The zero-order valence-corrected chi connectivity index (χ0v) is 15.9. The lowest BCUT2D eigenvalue weighted by Gasteiger charge is -2.34. The van der Waals surface area contributed by atoms with Gasteiger partial charge in [-0.2, -0.15) is 0 Å². The Bertz CT molecular complexity index is 951. The van der Waals surface area contributed by atoms with Gasteiger partial charge in [0.15, 0.2) is 5.78 Å². The number of rotatable bonds is 2. The van der Waals surface area contributed by atoms with E-state index in [-0.39, 0.29) is 11.7 Å². The van der Waals surface area contributed by atoms with Crippen LogP contribution < -0.4 is 10.2 Å². The number of ketones is 1. The van der Waals surface area contributed by atoms with Crippen LogP contribution in [0.25, 0.3) is 0 Å². The molecular formula is C22H21ClN2O2. The summed E-state index contributed by atoms with van der Waals surface area (Å²) in [5, 5.41) is 4.00. The number of hydrogen-bond acceptors (Lipinski definition) is 3. The predicted molar refractivity (Wildman–Crippen MR) is 108 cm³/mol. The molecule has 4 rings (SSSR count). The van der Waals surface area contributed by atoms with Crippen LogP contribution in [0.1, 0.15) is 44.2 Å². The summed E-state index contributed by atoms with van der Waals surface area (Å²) in [4.78, 5) is 27.8. The number of fused-ring (bicyclic) bond motifs is 1. The van der Waals surface area contributed by atoms with Crippen LogP contribution in [0.2, 0.25) is 5.02 Å². The second kappa shape index (κ2) is 7.20. The first kappa shape index (κ1) is 17.8. The van der Waals surface area contributed by atoms with Crippen molar-refractivity contribution in [3.05, 3.63) is 70.4 Å². The highest BCUT2D eigenvalue weighted by atomic mass is 35.5. The number of hydrogen-bond donors (Lipinski definition) is 1. The summed E-state index contributed by atoms with van der Waals surface area (Å²) in [6, 6.07) is 14.7. The molecule has 2 aliphatic rings. The number of carbonyl (C=O) groups is 2. The molecule has 1 atom stereocenters. The second-order valence-corrected chi connectivity index (χ2v) is 7.26. The van der Waals surface area contributed by atoms with Gasteiger partial charge in [-0.3, -0.25) is 14.5 Å². The van der Waals surface area contributed by atoms with Gasteiger partial charge in [-0.1, -0.05) is 48.9 Å². The number of nitrogens with one attached hydrogen (secondary N) is 1. The largest absolute Gasteiger partial charge is 0.357 e. The first-order valence-electron chi connectivity index (χ1n) is 9.30. The van der Waals surface area contributed by atoms with Gasteiger partial charge in [-0.15, -0.1) is 0 Å². The standard InChI is InChI=1S/C22H21ClN2O2/c1-2-20(27)25-18-12-6-5-10-16(18)24-17-11-7-13-19(26)21(17)22(25)14-8-3-4-9-15(14)23/h3-6,8-10,12,22,24H,2,7,11,13H2,1H3/t22-/m0/s1. The number of carbonyl (C=O) groups excluding carboxylic acids is 2. The zero-order valence-electron chi connectivity index (χ0n) is 15.2. The van der Waals surface area contributed by atoms with Crippen LogP contribution in [0.5, 0.6) is 0 Å². The molecule has 27 heavy (non-hydrogen) atoms. The predicted octanol–water partition coefficient (Wildman–Crippen LogP) is 5.26. The number of Topliss-reactive ketones (excluding diaryl/α,β-unsaturated/α-hetero) is 1. The van der Waals surface area contributed by atoms with Gasteiger partial charge in [0.1, 0.15) is 0 Å². The Morgan fingerprint density at radius 2 is 1.89 bits per heavy atom. The van der Waals surface area contributed by atoms with Gasteiger partial charge in [0.05, 0.1) is 17.4 Å². The highest BCUT2D eigenvalue weighted by Gasteiger charge is 2.39. The third-order valence-corrected chi connectivity index (χ3v) is 5.55. The van der Waals surface area contributed by atoms with Crippen molar-refractivity contribution in [1.82, 2.24) is 0 Å². The molecule has 1 aliphatic carbocycles. The summed E-state index contributed by atoms with van der Waals surface area (Å²) in [7, 11) is 0. The smallest absolute Gasteiger partial charge is 0.227 e. The van der Waals surface area contributed by atoms with Crippen molar-refractivity contribution in [2.45, 2.75) is 38.6 Å². The number of allylic oxidation sites excluding steroid dienone is 1. The van der Waals surface area contributed by atoms with Crippen molar-refractivity contribution in [3.8, 4) is 0 Å². The minimum absolute atomic E-state index is 0.0405. The molecule has 0 spiro atoms. The normalized spacial score (nSPS) is 19.1. The Balaban J connectivity index is 2.03. The zero-order chi connectivity index (χ0) is 19.0. The highest BCUT2D eigenvalue weighted by molar-refractivity contribution is 6.31. The quantitative estimate of drug-likeness (QED) is 0.773. The molecule has 0 unspecified atom stereocenters. The van der Waals surface area contributed by atoms with E-state index in [0.717, 1.165) is 35.5 Å². The molecule has 2 aromatic rings. The first-order chi connectivity index (χ1) is 13.1. The number of para-hydroxylation sites is 2. The molecule has 1 amide bonds. The fourth-order valence-electron chi connectivity index (χ4n) is 3.97. The van der Waals surface area contributed by atoms with Crippen LogP contribution in [0.4, 0.5) is 11.4 Å². The second-order valence-electron chi connectivity index (χ2n) is 6.85. The van der Waals surface area contributed by atoms with Gasteiger partial charge < -0.3 is 5.32 Å². The number of halogens is 1. The fourth-order valence-corrected chi connectivity index (χ4v) is 4.21. The van der Waals surface area contributed by atoms with Crippen molar-refractivity contribution in [3.63, 3.8) is 0 Å². The van der Waals surface area contributed by atoms with E-state index in [0.29, 0.717) is 23.4 Å². The van der Waals surface area contributed by atoms with Gasteiger partial charge in [0, 0.05) is 29.1 Å². The minimum atomic E-state index is -0.523. The van der Waals surface area contributed by atoms with Crippen molar-refractivity contribution in [1.29, 1.82) is 0 Å². The average molecular weight is 381 g/mol. The summed E-state index contributed by atoms with van der Waals surface area (Å²) >= 11 is 6.54. The van der Waals surface area contributed by atoms with Crippen molar-refractivity contribution in [2.75, 3.05) is 10.2 Å². The molecule has 0 radical (unpaired) electrons. The van der Waals surface area contributed by atoms with Gasteiger partial charge >= 0.3 is 0 Å². The molecule has 138 valence electrons. The van der Waals surface area contributed by atoms with Crippen LogP contribution in [0, 0.1) is 0 Å². The molecule has 0 bridgehead atoms. The number of nitrogens with zero attached hydrogens (tertiary/aromatic N) is 1. The molecule has 1 aliphatic heterocycles. The van der Waals surface area contributed by atoms with E-state index in [1.807, 2.05) is 55.5 Å². The summed E-state index contributed by atoms with van der Waals surface area (Å²) < 4.78 is 0. The molecule has 2 aromatic carbocycles. The molecule has 1 N–H and O–H groups in total. The van der Waals surface area contributed by atoms with Crippen LogP contribution in [0.15, 0.2) is 59.8 Å². The van der Waals surface area contributed by atoms with Crippen molar-refractivity contribution < 1.29 is 9.59 Å². The van der Waals surface area contributed by atoms with Crippen molar-refractivity contribution >= 4 is 34.7 Å². The van der Waals surface area contributed by atoms with E-state index in [4.69, 9.17) is 11.6 Å². The number of benzene rings is 2. The monoisotopic (exact) mass is 380 g/mol. The lowest BCUT2D eigenvalue weighted by atomic mass is 9.85. The third-order valence-electron chi connectivity index (χ3n) is 5.21. The molecule has 0 saturated heterocycles. The molecule has 5 heteroatoms. The van der Waals surface area contributed by atoms with Crippen LogP contribution in [0.3, 0.4) is 0 Å². The van der Waals surface area contributed by atoms with E-state index in [1.165, 1.54) is 0 Å². The van der Waals surface area contributed by atoms with E-state index >= 15 is 0 Å². The lowest BCUT2D eigenvalue weighted by molar-refractivity contribution is -0.118. The highest BCUT2D eigenvalue weighted by Crippen LogP contribution is 2.46. The fraction of sp³-hybridized carbons (Fsp3) is 0.273. The van der Waals surface area contributed by atoms with Crippen LogP contribution in [-0.2, 0) is 9.59 Å². The van der Waals surface area contributed by atoms with Crippen LogP contribution in [-0.4, -0.2) is 11.7 Å². The van der Waals surface area contributed by atoms with Gasteiger partial charge in [0.25, 0.3) is 0 Å². The molecule has 0 fully saturated rings. The maximum absolute atomic E-state index is 13.1. The third kappa shape index (κ3) is 3.04. The Kier molecular flexibility index (Phi) is 4.75. The Labute approximate surface area is 163 Å². The maximum atomic E-state index is 13.1. The first-order valence-corrected chi connectivity index (χ1v) is 9.68. The molecule has 0 saturated carbocycles. The maximum Gasteiger partial charge on any atom is 0.227 e. The van der Waals surface area contributed by atoms with E-state index < -0.39 is 6.04 Å². The van der Waals surface area contributed by atoms with Crippen LogP contribution >= 0.6 is 11.6 Å². The Morgan fingerprint density at radius 3 is 2.67 bits per heavy atom. The van der Waals surface area contributed by atoms with E-state index in [9.17, 15) is 9.59 Å². The lowest BCUT2D eigenvalue weighted by Crippen LogP contribution is -2.37. The Morgan fingerprint density at radius 1 is 1.15 bits per heavy atom. The molecule has 4 nitrogen and oxygen atoms in total. The topological polar surface area (TPSA) is 49.4 Å². The van der Waals surface area contributed by atoms with Crippen molar-refractivity contribution in [2.24, 2.45) is 0 Å². The number of amides is 1. The van der Waals surface area contributed by atoms with Gasteiger partial charge in [-0.05, 0) is 36.6 Å². The SMILES string of the molecule is CCC(=O)N1c2ccccc2NC2=C(C(=O)CCC2)[C@@H]1c1ccccc1Cl. The summed E-state index contributed by atoms with van der Waals surface area (Å²) in [6.07, 6.45) is 2.42. The summed E-state index contributed by atoms with van der Waals surface area (Å²) in [6.45, 7) is 1.84. The van der Waals surface area contributed by atoms with E-state index in [2.05, 4.69) is 5.32 Å². The van der Waals surface area contributed by atoms with E-state index in [1.54, 1.807) is 4.90 Å². The molecule has 1 heterocycles. The average Bonchev–Trinajstić information content (AvgIpc) is 2.83. The molecular weight excluding hydrogens is 360 g/mol. The number of anilines is 2. The minimum Gasteiger partial charge on any atom is -0.357 e.